The minimum atomic E-state index is -4.08. The fourth-order valence-corrected chi connectivity index (χ4v) is 5.45. The first-order chi connectivity index (χ1) is 12.0. The summed E-state index contributed by atoms with van der Waals surface area (Å²) in [7, 11) is -4.08. The molecule has 0 saturated heterocycles. The number of hydrogen-bond acceptors (Lipinski definition) is 5. The van der Waals surface area contributed by atoms with Crippen molar-refractivity contribution in [1.29, 1.82) is 0 Å². The number of carbonyl (C=O) groups excluding carboxylic acids is 1. The fraction of sp³-hybridized carbons (Fsp3) is 0.556. The van der Waals surface area contributed by atoms with Crippen LogP contribution in [-0.2, 0) is 19.7 Å². The normalized spacial score (nSPS) is 26.1. The van der Waals surface area contributed by atoms with Gasteiger partial charge in [-0.25, -0.2) is 0 Å². The highest BCUT2D eigenvalue weighted by Gasteiger charge is 2.65. The minimum Gasteiger partial charge on any atom is -0.480 e. The lowest BCUT2D eigenvalue weighted by atomic mass is 9.70. The Kier molecular flexibility index (Phi) is 5.77. The molecule has 7 nitrogen and oxygen atoms in total. The number of hydrogen-bond donors (Lipinski definition) is 3. The second kappa shape index (κ2) is 7.36. The van der Waals surface area contributed by atoms with Crippen LogP contribution in [0.3, 0.4) is 0 Å². The third-order valence-corrected chi connectivity index (χ3v) is 6.64. The third-order valence-electron chi connectivity index (χ3n) is 5.79. The van der Waals surface area contributed by atoms with Gasteiger partial charge in [0.05, 0.1) is 11.2 Å². The minimum absolute atomic E-state index is 0.0152. The molecule has 26 heavy (non-hydrogen) atoms. The maximum absolute atomic E-state index is 11.9. The van der Waals surface area contributed by atoms with E-state index >= 15 is 0 Å². The summed E-state index contributed by atoms with van der Waals surface area (Å²) in [5.41, 5.74) is -0.291. The second-order valence-electron chi connectivity index (χ2n) is 7.51. The second-order valence-corrected chi connectivity index (χ2v) is 8.96. The van der Waals surface area contributed by atoms with Gasteiger partial charge in [-0.3, -0.25) is 14.1 Å². The number of aliphatic carboxylic acids is 1. The molecule has 0 spiro atoms. The molecule has 2 fully saturated rings. The first-order valence-corrected chi connectivity index (χ1v) is 10.1. The summed E-state index contributed by atoms with van der Waals surface area (Å²) in [4.78, 5) is 22.0. The predicted molar refractivity (Wildman–Crippen MR) is 97.5 cm³/mol. The molecule has 2 aliphatic rings. The molecule has 2 saturated carbocycles. The molecule has 0 radical (unpaired) electrons. The maximum Gasteiger partial charge on any atom is 0.322 e. The first-order valence-electron chi connectivity index (χ1n) is 8.47. The van der Waals surface area contributed by atoms with E-state index in [1.807, 2.05) is 44.2 Å². The smallest absolute Gasteiger partial charge is 0.322 e. The number of para-hydroxylation sites is 1. The number of carbonyl (C=O) groups is 2. The number of anilines is 1. The predicted octanol–water partition coefficient (Wildman–Crippen LogP) is 2.45. The summed E-state index contributed by atoms with van der Waals surface area (Å²) in [6.07, 6.45) is 1.97. The standard InChI is InChI=1S/C10H16O4S.C8H9NO2/c1-9(2)7-3-4-10(9,8(11)5-7)6-15(12,13)14;10-8(11)6-9-7-4-2-1-3-5-7/h7H,3-6H2,1-2H3,(H,12,13,14);1-5,9H,6H2,(H,10,11). The van der Waals surface area contributed by atoms with Crippen LogP contribution < -0.4 is 5.32 Å². The summed E-state index contributed by atoms with van der Waals surface area (Å²) < 4.78 is 31.0. The van der Waals surface area contributed by atoms with E-state index in [1.54, 1.807) is 0 Å². The number of carboxylic acid groups (broad SMARTS) is 1. The number of carboxylic acids is 1. The lowest BCUT2D eigenvalue weighted by Gasteiger charge is -2.35. The van der Waals surface area contributed by atoms with Crippen LogP contribution in [0.2, 0.25) is 0 Å². The van der Waals surface area contributed by atoms with Crippen LogP contribution in [0.15, 0.2) is 30.3 Å². The van der Waals surface area contributed by atoms with Crippen LogP contribution in [0.1, 0.15) is 33.1 Å². The van der Waals surface area contributed by atoms with Gasteiger partial charge in [-0.1, -0.05) is 32.0 Å². The van der Waals surface area contributed by atoms with Gasteiger partial charge < -0.3 is 10.4 Å². The Bertz CT molecular complexity index is 774. The van der Waals surface area contributed by atoms with Crippen molar-refractivity contribution in [2.45, 2.75) is 33.1 Å². The van der Waals surface area contributed by atoms with Crippen molar-refractivity contribution >= 4 is 27.6 Å². The van der Waals surface area contributed by atoms with Gasteiger partial charge in [0.2, 0.25) is 0 Å². The van der Waals surface area contributed by atoms with E-state index in [9.17, 15) is 18.0 Å². The van der Waals surface area contributed by atoms with Crippen molar-refractivity contribution in [2.75, 3.05) is 17.6 Å². The van der Waals surface area contributed by atoms with Crippen molar-refractivity contribution < 1.29 is 27.7 Å². The highest BCUT2D eigenvalue weighted by atomic mass is 32.2. The molecule has 0 heterocycles. The van der Waals surface area contributed by atoms with Crippen LogP contribution >= 0.6 is 0 Å². The van der Waals surface area contributed by atoms with Crippen molar-refractivity contribution in [1.82, 2.24) is 0 Å². The largest absolute Gasteiger partial charge is 0.480 e. The van der Waals surface area contributed by atoms with Crippen LogP contribution in [0.25, 0.3) is 0 Å². The molecule has 3 N–H and O–H groups in total. The van der Waals surface area contributed by atoms with Crippen molar-refractivity contribution in [3.8, 4) is 0 Å². The highest BCUT2D eigenvalue weighted by Crippen LogP contribution is 2.64. The summed E-state index contributed by atoms with van der Waals surface area (Å²) in [5, 5.41) is 11.1. The SMILES string of the molecule is CC1(C)C2CCC1(CS(=O)(=O)O)C(=O)C2.O=C(O)CNc1ccccc1. The zero-order valence-corrected chi connectivity index (χ0v) is 15.8. The molecule has 1 aromatic rings. The van der Waals surface area contributed by atoms with Crippen molar-refractivity contribution in [2.24, 2.45) is 16.7 Å². The van der Waals surface area contributed by atoms with E-state index in [4.69, 9.17) is 9.66 Å². The molecule has 2 bridgehead atoms. The number of rotatable bonds is 5. The molecule has 0 aromatic heterocycles. The fourth-order valence-electron chi connectivity index (χ4n) is 4.15. The Morgan fingerprint density at radius 2 is 1.88 bits per heavy atom. The Morgan fingerprint density at radius 1 is 1.27 bits per heavy atom. The first kappa shape index (κ1) is 20.4. The van der Waals surface area contributed by atoms with E-state index in [-0.39, 0.29) is 23.7 Å². The van der Waals surface area contributed by atoms with Gasteiger partial charge in [-0.15, -0.1) is 0 Å². The number of Topliss-reactive ketones (excluding diaryl/α,β-unsaturated/α-hetero) is 1. The molecule has 144 valence electrons. The lowest BCUT2D eigenvalue weighted by molar-refractivity contribution is -0.135. The Labute approximate surface area is 153 Å². The molecule has 0 amide bonds. The maximum atomic E-state index is 11.9. The summed E-state index contributed by atoms with van der Waals surface area (Å²) in [6.45, 7) is 3.85. The highest BCUT2D eigenvalue weighted by molar-refractivity contribution is 7.85. The topological polar surface area (TPSA) is 121 Å². The van der Waals surface area contributed by atoms with Gasteiger partial charge in [0.25, 0.3) is 10.1 Å². The van der Waals surface area contributed by atoms with Gasteiger partial charge in [-0.05, 0) is 36.3 Å². The van der Waals surface area contributed by atoms with E-state index in [0.29, 0.717) is 12.8 Å². The molecular weight excluding hydrogens is 358 g/mol. The average molecular weight is 383 g/mol. The monoisotopic (exact) mass is 383 g/mol. The number of benzene rings is 1. The van der Waals surface area contributed by atoms with E-state index in [2.05, 4.69) is 5.32 Å². The summed E-state index contributed by atoms with van der Waals surface area (Å²) >= 11 is 0. The van der Waals surface area contributed by atoms with Gasteiger partial charge in [0, 0.05) is 12.1 Å². The van der Waals surface area contributed by atoms with E-state index < -0.39 is 27.3 Å². The van der Waals surface area contributed by atoms with Gasteiger partial charge in [0.15, 0.2) is 0 Å². The number of nitrogens with one attached hydrogen (secondary N) is 1. The van der Waals surface area contributed by atoms with Gasteiger partial charge in [-0.2, -0.15) is 8.42 Å². The lowest BCUT2D eigenvalue weighted by Crippen LogP contribution is -2.42. The molecule has 2 atom stereocenters. The van der Waals surface area contributed by atoms with Crippen molar-refractivity contribution in [3.05, 3.63) is 30.3 Å². The average Bonchev–Trinajstić information content (AvgIpc) is 2.87. The van der Waals surface area contributed by atoms with Crippen molar-refractivity contribution in [3.63, 3.8) is 0 Å². The molecule has 1 aromatic carbocycles. The number of fused-ring (bicyclic) bond motifs is 2. The van der Waals surface area contributed by atoms with E-state index in [0.717, 1.165) is 12.1 Å². The van der Waals surface area contributed by atoms with Gasteiger partial charge in [0.1, 0.15) is 12.3 Å². The third kappa shape index (κ3) is 4.24. The Hall–Kier alpha value is -1.93. The van der Waals surface area contributed by atoms with Gasteiger partial charge >= 0.3 is 5.97 Å². The van der Waals surface area contributed by atoms with E-state index in [1.165, 1.54) is 0 Å². The quantitative estimate of drug-likeness (QED) is 0.668. The van der Waals surface area contributed by atoms with Crippen LogP contribution in [-0.4, -0.2) is 42.1 Å². The summed E-state index contributed by atoms with van der Waals surface area (Å²) in [6, 6.07) is 9.23. The van der Waals surface area contributed by atoms with Crippen LogP contribution in [0, 0.1) is 16.7 Å². The molecular formula is C18H25NO6S. The molecule has 0 aliphatic heterocycles. The zero-order valence-electron chi connectivity index (χ0n) is 14.9. The molecule has 8 heteroatoms. The number of ketones is 1. The molecule has 2 unspecified atom stereocenters. The summed E-state index contributed by atoms with van der Waals surface area (Å²) in [5.74, 6) is -0.954. The molecule has 2 aliphatic carbocycles. The Balaban J connectivity index is 0.000000197. The molecule has 3 rings (SSSR count). The Morgan fingerprint density at radius 3 is 2.31 bits per heavy atom. The van der Waals surface area contributed by atoms with Crippen LogP contribution in [0.5, 0.6) is 0 Å². The van der Waals surface area contributed by atoms with Crippen LogP contribution in [0.4, 0.5) is 5.69 Å². The zero-order chi connectivity index (χ0) is 19.6.